The summed E-state index contributed by atoms with van der Waals surface area (Å²) < 4.78 is 5.33. The topological polar surface area (TPSA) is 62.1 Å². The van der Waals surface area contributed by atoms with Crippen molar-refractivity contribution in [1.82, 2.24) is 5.32 Å². The first-order chi connectivity index (χ1) is 8.67. The maximum absolute atomic E-state index is 11.6. The molecule has 1 rings (SSSR count). The van der Waals surface area contributed by atoms with Crippen molar-refractivity contribution >= 4 is 5.91 Å². The molecule has 1 aromatic carbocycles. The van der Waals surface area contributed by atoms with Crippen molar-refractivity contribution in [2.75, 3.05) is 6.61 Å². The third-order valence-electron chi connectivity index (χ3n) is 2.50. The van der Waals surface area contributed by atoms with Crippen molar-refractivity contribution in [2.45, 2.75) is 32.7 Å². The molecule has 1 N–H and O–H groups in total. The van der Waals surface area contributed by atoms with Gasteiger partial charge in [0.25, 0.3) is 5.91 Å². The van der Waals surface area contributed by atoms with Crippen molar-refractivity contribution in [3.05, 3.63) is 29.8 Å². The molecular weight excluding hydrogens is 228 g/mol. The van der Waals surface area contributed by atoms with Crippen LogP contribution in [0.5, 0.6) is 5.75 Å². The fourth-order valence-corrected chi connectivity index (χ4v) is 1.65. The molecule has 0 heterocycles. The number of hydrogen-bond donors (Lipinski definition) is 1. The summed E-state index contributed by atoms with van der Waals surface area (Å²) in [5.41, 5.74) is 0.437. The molecule has 0 aliphatic rings. The van der Waals surface area contributed by atoms with Gasteiger partial charge in [-0.25, -0.2) is 0 Å². The van der Waals surface area contributed by atoms with Gasteiger partial charge >= 0.3 is 0 Å². The second-order valence-electron chi connectivity index (χ2n) is 4.15. The highest BCUT2D eigenvalue weighted by Crippen LogP contribution is 2.16. The quantitative estimate of drug-likeness (QED) is 0.837. The number of nitrogens with one attached hydrogen (secondary N) is 1. The van der Waals surface area contributed by atoms with Gasteiger partial charge in [0.1, 0.15) is 11.8 Å². The molecule has 0 aromatic heterocycles. The maximum Gasteiger partial charge on any atom is 0.258 e. The Hall–Kier alpha value is -2.02. The van der Waals surface area contributed by atoms with Crippen LogP contribution >= 0.6 is 0 Å². The summed E-state index contributed by atoms with van der Waals surface area (Å²) in [7, 11) is 0. The summed E-state index contributed by atoms with van der Waals surface area (Å²) >= 11 is 0. The van der Waals surface area contributed by atoms with E-state index in [1.54, 1.807) is 24.3 Å². The lowest BCUT2D eigenvalue weighted by atomic mass is 10.2. The van der Waals surface area contributed by atoms with E-state index in [2.05, 4.69) is 12.2 Å². The van der Waals surface area contributed by atoms with Crippen LogP contribution in [0.25, 0.3) is 0 Å². The third kappa shape index (κ3) is 4.46. The Morgan fingerprint density at radius 1 is 1.50 bits per heavy atom. The second-order valence-corrected chi connectivity index (χ2v) is 4.15. The van der Waals surface area contributed by atoms with E-state index in [0.29, 0.717) is 11.3 Å². The number of carbonyl (C=O) groups is 1. The van der Waals surface area contributed by atoms with Gasteiger partial charge in [0.15, 0.2) is 6.61 Å². The van der Waals surface area contributed by atoms with Crippen molar-refractivity contribution in [3.8, 4) is 11.8 Å². The summed E-state index contributed by atoms with van der Waals surface area (Å²) in [6.07, 6.45) is 1.97. The molecule has 0 spiro atoms. The van der Waals surface area contributed by atoms with Crippen LogP contribution in [-0.4, -0.2) is 18.6 Å². The number of nitrogens with zero attached hydrogens (tertiary/aromatic N) is 1. The van der Waals surface area contributed by atoms with Gasteiger partial charge in [-0.05, 0) is 25.5 Å². The van der Waals surface area contributed by atoms with Crippen molar-refractivity contribution in [3.63, 3.8) is 0 Å². The van der Waals surface area contributed by atoms with Gasteiger partial charge in [0.2, 0.25) is 0 Å². The molecule has 0 aliphatic heterocycles. The SMILES string of the molecule is CCC[C@H](C)NC(=O)COc1ccccc1C#N. The summed E-state index contributed by atoms with van der Waals surface area (Å²) in [6, 6.07) is 9.05. The van der Waals surface area contributed by atoms with E-state index < -0.39 is 0 Å². The number of ether oxygens (including phenoxy) is 1. The molecule has 96 valence electrons. The molecule has 0 aliphatic carbocycles. The minimum absolute atomic E-state index is 0.0628. The molecule has 0 fully saturated rings. The highest BCUT2D eigenvalue weighted by molar-refractivity contribution is 5.77. The van der Waals surface area contributed by atoms with Crippen LogP contribution in [0.15, 0.2) is 24.3 Å². The first kappa shape index (κ1) is 14.0. The Labute approximate surface area is 108 Å². The number of hydrogen-bond acceptors (Lipinski definition) is 3. The van der Waals surface area contributed by atoms with Crippen molar-refractivity contribution in [2.24, 2.45) is 0 Å². The zero-order chi connectivity index (χ0) is 13.4. The molecule has 4 heteroatoms. The zero-order valence-corrected chi connectivity index (χ0v) is 10.8. The summed E-state index contributed by atoms with van der Waals surface area (Å²) in [6.45, 7) is 3.97. The molecule has 0 unspecified atom stereocenters. The lowest BCUT2D eigenvalue weighted by Gasteiger charge is -2.13. The van der Waals surface area contributed by atoms with E-state index in [4.69, 9.17) is 10.00 Å². The van der Waals surface area contributed by atoms with Crippen molar-refractivity contribution in [1.29, 1.82) is 5.26 Å². The van der Waals surface area contributed by atoms with E-state index in [9.17, 15) is 4.79 Å². The number of para-hydroxylation sites is 1. The molecule has 0 bridgehead atoms. The van der Waals surface area contributed by atoms with E-state index in [1.165, 1.54) is 0 Å². The Kier molecular flexibility index (Phi) is 5.72. The Morgan fingerprint density at radius 3 is 2.89 bits per heavy atom. The van der Waals surface area contributed by atoms with Crippen LogP contribution in [0.2, 0.25) is 0 Å². The number of rotatable bonds is 6. The van der Waals surface area contributed by atoms with Crippen LogP contribution in [-0.2, 0) is 4.79 Å². The fraction of sp³-hybridized carbons (Fsp3) is 0.429. The van der Waals surface area contributed by atoms with Crippen LogP contribution in [0.4, 0.5) is 0 Å². The van der Waals surface area contributed by atoms with Crippen molar-refractivity contribution < 1.29 is 9.53 Å². The largest absolute Gasteiger partial charge is 0.482 e. The highest BCUT2D eigenvalue weighted by Gasteiger charge is 2.08. The summed E-state index contributed by atoms with van der Waals surface area (Å²) in [4.78, 5) is 11.6. The maximum atomic E-state index is 11.6. The number of carbonyl (C=O) groups excluding carboxylic acids is 1. The Bertz CT molecular complexity index is 438. The standard InChI is InChI=1S/C14H18N2O2/c1-3-6-11(2)16-14(17)10-18-13-8-5-4-7-12(13)9-15/h4-5,7-8,11H,3,6,10H2,1-2H3,(H,16,17)/t11-/m0/s1. The minimum atomic E-state index is -0.163. The predicted octanol–water partition coefficient (Wildman–Crippen LogP) is 2.24. The smallest absolute Gasteiger partial charge is 0.258 e. The third-order valence-corrected chi connectivity index (χ3v) is 2.50. The van der Waals surface area contributed by atoms with Gasteiger partial charge in [0.05, 0.1) is 5.56 Å². The average Bonchev–Trinajstić information content (AvgIpc) is 2.37. The van der Waals surface area contributed by atoms with Gasteiger partial charge in [0, 0.05) is 6.04 Å². The van der Waals surface area contributed by atoms with Crippen LogP contribution in [0.3, 0.4) is 0 Å². The summed E-state index contributed by atoms with van der Waals surface area (Å²) in [5.74, 6) is 0.280. The van der Waals surface area contributed by atoms with Gasteiger partial charge < -0.3 is 10.1 Å². The molecule has 1 atom stereocenters. The highest BCUT2D eigenvalue weighted by atomic mass is 16.5. The number of amides is 1. The second kappa shape index (κ2) is 7.33. The Morgan fingerprint density at radius 2 is 2.22 bits per heavy atom. The predicted molar refractivity (Wildman–Crippen MR) is 69.2 cm³/mol. The zero-order valence-electron chi connectivity index (χ0n) is 10.8. The van der Waals surface area contributed by atoms with Gasteiger partial charge in [-0.3, -0.25) is 4.79 Å². The van der Waals surface area contributed by atoms with E-state index in [0.717, 1.165) is 12.8 Å². The lowest BCUT2D eigenvalue weighted by molar-refractivity contribution is -0.123. The molecule has 1 amide bonds. The first-order valence-electron chi connectivity index (χ1n) is 6.08. The normalized spacial score (nSPS) is 11.4. The monoisotopic (exact) mass is 246 g/mol. The molecule has 4 nitrogen and oxygen atoms in total. The molecule has 0 radical (unpaired) electrons. The molecule has 0 saturated heterocycles. The van der Waals surface area contributed by atoms with Gasteiger partial charge in [-0.2, -0.15) is 5.26 Å². The van der Waals surface area contributed by atoms with E-state index in [-0.39, 0.29) is 18.6 Å². The van der Waals surface area contributed by atoms with E-state index in [1.807, 2.05) is 13.0 Å². The number of benzene rings is 1. The molecule has 1 aromatic rings. The van der Waals surface area contributed by atoms with Crippen LogP contribution in [0.1, 0.15) is 32.3 Å². The summed E-state index contributed by atoms with van der Waals surface area (Å²) in [5, 5.41) is 11.7. The van der Waals surface area contributed by atoms with Crippen LogP contribution in [0, 0.1) is 11.3 Å². The van der Waals surface area contributed by atoms with E-state index >= 15 is 0 Å². The lowest BCUT2D eigenvalue weighted by Crippen LogP contribution is -2.36. The van der Waals surface area contributed by atoms with Gasteiger partial charge in [-0.15, -0.1) is 0 Å². The molecule has 0 saturated carbocycles. The van der Waals surface area contributed by atoms with Gasteiger partial charge in [-0.1, -0.05) is 25.5 Å². The number of nitriles is 1. The molecular formula is C14H18N2O2. The molecule has 18 heavy (non-hydrogen) atoms. The first-order valence-corrected chi connectivity index (χ1v) is 6.08. The minimum Gasteiger partial charge on any atom is -0.482 e. The average molecular weight is 246 g/mol. The van der Waals surface area contributed by atoms with Crippen LogP contribution < -0.4 is 10.1 Å². The fourth-order valence-electron chi connectivity index (χ4n) is 1.65. The Balaban J connectivity index is 2.45.